The minimum Gasteiger partial charge on any atom is -0.508 e. The third kappa shape index (κ3) is 3.34. The van der Waals surface area contributed by atoms with E-state index in [0.717, 1.165) is 18.6 Å². The van der Waals surface area contributed by atoms with E-state index in [2.05, 4.69) is 24.4 Å². The first kappa shape index (κ1) is 13.6. The fourth-order valence-electron chi connectivity index (χ4n) is 2.52. The Morgan fingerprint density at radius 3 is 2.37 bits per heavy atom. The molecule has 0 aliphatic heterocycles. The summed E-state index contributed by atoms with van der Waals surface area (Å²) in [5.74, 6) is 0.780. The number of hydrogen-bond donors (Lipinski definition) is 2. The molecule has 2 N–H and O–H groups in total. The lowest BCUT2D eigenvalue weighted by Crippen LogP contribution is -2.29. The van der Waals surface area contributed by atoms with Gasteiger partial charge in [-0.25, -0.2) is 5.43 Å². The van der Waals surface area contributed by atoms with Crippen LogP contribution in [0.3, 0.4) is 0 Å². The van der Waals surface area contributed by atoms with E-state index in [1.54, 1.807) is 12.1 Å². The minimum atomic E-state index is -0.238. The smallest absolute Gasteiger partial charge is 0.271 e. The summed E-state index contributed by atoms with van der Waals surface area (Å²) in [5, 5.41) is 13.5. The number of amides is 1. The number of carbonyl (C=O) groups is 1. The van der Waals surface area contributed by atoms with Gasteiger partial charge in [0.05, 0.1) is 0 Å². The molecule has 4 heteroatoms. The minimum absolute atomic E-state index is 0.150. The van der Waals surface area contributed by atoms with E-state index < -0.39 is 0 Å². The molecule has 1 aliphatic rings. The van der Waals surface area contributed by atoms with Crippen molar-refractivity contribution in [1.29, 1.82) is 0 Å². The molecular formula is C15H20N2O2. The molecule has 4 nitrogen and oxygen atoms in total. The molecular weight excluding hydrogens is 240 g/mol. The summed E-state index contributed by atoms with van der Waals surface area (Å²) in [6.07, 6.45) is 3.50. The lowest BCUT2D eigenvalue weighted by atomic mass is 9.81. The highest BCUT2D eigenvalue weighted by molar-refractivity contribution is 5.96. The molecule has 1 aliphatic carbocycles. The van der Waals surface area contributed by atoms with Crippen molar-refractivity contribution in [2.75, 3.05) is 0 Å². The Hall–Kier alpha value is -1.84. The van der Waals surface area contributed by atoms with Gasteiger partial charge in [-0.2, -0.15) is 5.10 Å². The van der Waals surface area contributed by atoms with Crippen LogP contribution >= 0.6 is 0 Å². The van der Waals surface area contributed by atoms with Gasteiger partial charge in [0.1, 0.15) is 5.75 Å². The van der Waals surface area contributed by atoms with E-state index >= 15 is 0 Å². The number of rotatable bonds is 2. The second kappa shape index (κ2) is 5.87. The quantitative estimate of drug-likeness (QED) is 0.803. The third-order valence-corrected chi connectivity index (χ3v) is 3.70. The maximum absolute atomic E-state index is 11.9. The van der Waals surface area contributed by atoms with Gasteiger partial charge < -0.3 is 5.11 Å². The maximum atomic E-state index is 11.9. The first-order valence-electron chi connectivity index (χ1n) is 6.74. The number of hydrazone groups is 1. The Bertz CT molecular complexity index is 467. The normalized spacial score (nSPS) is 22.9. The fourth-order valence-corrected chi connectivity index (χ4v) is 2.52. The van der Waals surface area contributed by atoms with Crippen molar-refractivity contribution in [1.82, 2.24) is 5.43 Å². The van der Waals surface area contributed by atoms with Crippen molar-refractivity contribution in [3.8, 4) is 5.75 Å². The van der Waals surface area contributed by atoms with Crippen LogP contribution in [0.1, 0.15) is 43.5 Å². The molecule has 1 amide bonds. The Balaban J connectivity index is 2.04. The molecule has 2 atom stereocenters. The van der Waals surface area contributed by atoms with Gasteiger partial charge in [0.15, 0.2) is 0 Å². The summed E-state index contributed by atoms with van der Waals surface area (Å²) in [7, 11) is 0. The van der Waals surface area contributed by atoms with Crippen LogP contribution in [-0.4, -0.2) is 16.7 Å². The van der Waals surface area contributed by atoms with Crippen LogP contribution in [0, 0.1) is 11.8 Å². The fraction of sp³-hybridized carbons (Fsp3) is 0.467. The van der Waals surface area contributed by atoms with E-state index in [-0.39, 0.29) is 11.7 Å². The third-order valence-electron chi connectivity index (χ3n) is 3.70. The molecule has 1 aromatic rings. The lowest BCUT2D eigenvalue weighted by Gasteiger charge is -2.26. The molecule has 1 saturated carbocycles. The number of phenolic OH excluding ortho intramolecular Hbond substituents is 1. The second-order valence-corrected chi connectivity index (χ2v) is 5.26. The van der Waals surface area contributed by atoms with E-state index in [1.165, 1.54) is 18.6 Å². The van der Waals surface area contributed by atoms with Crippen LogP contribution in [-0.2, 0) is 0 Å². The lowest BCUT2D eigenvalue weighted by molar-refractivity contribution is 0.0954. The van der Waals surface area contributed by atoms with E-state index in [4.69, 9.17) is 0 Å². The maximum Gasteiger partial charge on any atom is 0.271 e. The highest BCUT2D eigenvalue weighted by atomic mass is 16.3. The molecule has 0 bridgehead atoms. The highest BCUT2D eigenvalue weighted by Gasteiger charge is 2.23. The van der Waals surface area contributed by atoms with Gasteiger partial charge in [0, 0.05) is 11.3 Å². The molecule has 2 rings (SSSR count). The molecule has 0 spiro atoms. The van der Waals surface area contributed by atoms with Crippen LogP contribution in [0.15, 0.2) is 29.4 Å². The molecule has 0 unspecified atom stereocenters. The Morgan fingerprint density at radius 2 is 1.79 bits per heavy atom. The predicted octanol–water partition coefficient (Wildman–Crippen LogP) is 2.93. The number of phenols is 1. The molecule has 0 aromatic heterocycles. The SMILES string of the molecule is C[C@@H]1CCC[C@@H](C)C1=NNC(=O)c1ccc(O)cc1. The standard InChI is InChI=1S/C15H20N2O2/c1-10-4-3-5-11(2)14(10)16-17-15(19)12-6-8-13(18)9-7-12/h6-11,18H,3-5H2,1-2H3,(H,17,19)/t10-,11-/m1/s1. The van der Waals surface area contributed by atoms with Crippen molar-refractivity contribution >= 4 is 11.6 Å². The number of carbonyl (C=O) groups excluding carboxylic acids is 1. The zero-order valence-electron chi connectivity index (χ0n) is 11.4. The first-order valence-corrected chi connectivity index (χ1v) is 6.74. The van der Waals surface area contributed by atoms with Crippen LogP contribution in [0.2, 0.25) is 0 Å². The van der Waals surface area contributed by atoms with Gasteiger partial charge in [-0.05, 0) is 48.9 Å². The summed E-state index contributed by atoms with van der Waals surface area (Å²) in [5.41, 5.74) is 4.20. The van der Waals surface area contributed by atoms with Crippen molar-refractivity contribution < 1.29 is 9.90 Å². The van der Waals surface area contributed by atoms with Crippen LogP contribution < -0.4 is 5.43 Å². The topological polar surface area (TPSA) is 61.7 Å². The number of nitrogens with one attached hydrogen (secondary N) is 1. The number of nitrogens with zero attached hydrogens (tertiary/aromatic N) is 1. The average Bonchev–Trinajstić information content (AvgIpc) is 2.38. The Kier molecular flexibility index (Phi) is 4.20. The summed E-state index contributed by atoms with van der Waals surface area (Å²) >= 11 is 0. The van der Waals surface area contributed by atoms with Gasteiger partial charge in [-0.3, -0.25) is 4.79 Å². The van der Waals surface area contributed by atoms with Gasteiger partial charge >= 0.3 is 0 Å². The van der Waals surface area contributed by atoms with Crippen molar-refractivity contribution in [3.05, 3.63) is 29.8 Å². The van der Waals surface area contributed by atoms with Gasteiger partial charge in [-0.1, -0.05) is 20.3 Å². The van der Waals surface area contributed by atoms with E-state index in [9.17, 15) is 9.90 Å². The van der Waals surface area contributed by atoms with E-state index in [0.29, 0.717) is 17.4 Å². The molecule has 0 saturated heterocycles. The molecule has 1 fully saturated rings. The molecule has 0 radical (unpaired) electrons. The zero-order chi connectivity index (χ0) is 13.8. The van der Waals surface area contributed by atoms with Crippen LogP contribution in [0.25, 0.3) is 0 Å². The van der Waals surface area contributed by atoms with Gasteiger partial charge in [0.2, 0.25) is 0 Å². The summed E-state index contributed by atoms with van der Waals surface area (Å²) in [6, 6.07) is 6.15. The van der Waals surface area contributed by atoms with Crippen molar-refractivity contribution in [2.45, 2.75) is 33.1 Å². The van der Waals surface area contributed by atoms with Crippen molar-refractivity contribution in [3.63, 3.8) is 0 Å². The van der Waals surface area contributed by atoms with E-state index in [1.807, 2.05) is 0 Å². The Morgan fingerprint density at radius 1 is 1.21 bits per heavy atom. The number of aromatic hydroxyl groups is 1. The largest absolute Gasteiger partial charge is 0.508 e. The molecule has 1 aromatic carbocycles. The Labute approximate surface area is 113 Å². The number of hydrogen-bond acceptors (Lipinski definition) is 3. The molecule has 0 heterocycles. The highest BCUT2D eigenvalue weighted by Crippen LogP contribution is 2.25. The van der Waals surface area contributed by atoms with Crippen LogP contribution in [0.4, 0.5) is 0 Å². The molecule has 19 heavy (non-hydrogen) atoms. The zero-order valence-corrected chi connectivity index (χ0v) is 11.4. The number of benzene rings is 1. The van der Waals surface area contributed by atoms with Crippen molar-refractivity contribution in [2.24, 2.45) is 16.9 Å². The first-order chi connectivity index (χ1) is 9.08. The average molecular weight is 260 g/mol. The monoisotopic (exact) mass is 260 g/mol. The summed E-state index contributed by atoms with van der Waals surface area (Å²) in [4.78, 5) is 11.9. The van der Waals surface area contributed by atoms with Crippen LogP contribution in [0.5, 0.6) is 5.75 Å². The van der Waals surface area contributed by atoms with Gasteiger partial charge in [0.25, 0.3) is 5.91 Å². The summed E-state index contributed by atoms with van der Waals surface area (Å²) < 4.78 is 0. The summed E-state index contributed by atoms with van der Waals surface area (Å²) in [6.45, 7) is 4.31. The predicted molar refractivity (Wildman–Crippen MR) is 75.2 cm³/mol. The second-order valence-electron chi connectivity index (χ2n) is 5.26. The molecule has 102 valence electrons. The van der Waals surface area contributed by atoms with Gasteiger partial charge in [-0.15, -0.1) is 0 Å².